The zero-order valence-corrected chi connectivity index (χ0v) is 12.0. The minimum Gasteiger partial charge on any atom is -0.481 e. The molecule has 2 N–H and O–H groups in total. The van der Waals surface area contributed by atoms with Crippen LogP contribution in [-0.4, -0.2) is 45.1 Å². The lowest BCUT2D eigenvalue weighted by Gasteiger charge is -2.23. The third kappa shape index (κ3) is 4.83. The van der Waals surface area contributed by atoms with Gasteiger partial charge in [0, 0.05) is 19.3 Å². The fourth-order valence-electron chi connectivity index (χ4n) is 1.65. The van der Waals surface area contributed by atoms with Crippen LogP contribution in [0.1, 0.15) is 25.4 Å². The number of carbonyl (C=O) groups is 2. The molecule has 1 aromatic heterocycles. The third-order valence-electron chi connectivity index (χ3n) is 2.84. The van der Waals surface area contributed by atoms with E-state index in [9.17, 15) is 9.59 Å². The van der Waals surface area contributed by atoms with Crippen molar-refractivity contribution in [1.82, 2.24) is 20.2 Å². The maximum Gasteiger partial charge on any atom is 0.317 e. The van der Waals surface area contributed by atoms with E-state index in [1.165, 1.54) is 4.90 Å². The smallest absolute Gasteiger partial charge is 0.317 e. The standard InChI is InChI=1S/C13H20N4O3/c1-4-17(8-9(2)12(18)19)13(20)15-7-11-5-6-14-10(3)16-11/h5-6,9H,4,7-8H2,1-3H3,(H,15,20)(H,18,19). The molecule has 110 valence electrons. The van der Waals surface area contributed by atoms with Crippen LogP contribution in [0.5, 0.6) is 0 Å². The zero-order chi connectivity index (χ0) is 15.1. The van der Waals surface area contributed by atoms with E-state index >= 15 is 0 Å². The monoisotopic (exact) mass is 280 g/mol. The topological polar surface area (TPSA) is 95.4 Å². The molecule has 1 aromatic rings. The Hall–Kier alpha value is -2.18. The van der Waals surface area contributed by atoms with Crippen LogP contribution in [-0.2, 0) is 11.3 Å². The summed E-state index contributed by atoms with van der Waals surface area (Å²) in [5.74, 6) is -0.867. The van der Waals surface area contributed by atoms with Gasteiger partial charge in [0.15, 0.2) is 0 Å². The quantitative estimate of drug-likeness (QED) is 0.811. The molecule has 1 rings (SSSR count). The molecule has 0 saturated carbocycles. The number of carbonyl (C=O) groups excluding carboxylic acids is 1. The van der Waals surface area contributed by atoms with Crippen molar-refractivity contribution in [3.05, 3.63) is 23.8 Å². The molecule has 0 radical (unpaired) electrons. The van der Waals surface area contributed by atoms with Gasteiger partial charge in [-0.3, -0.25) is 4.79 Å². The van der Waals surface area contributed by atoms with Crippen LogP contribution in [0.2, 0.25) is 0 Å². The Morgan fingerprint density at radius 2 is 2.20 bits per heavy atom. The summed E-state index contributed by atoms with van der Waals surface area (Å²) in [6.45, 7) is 6.08. The molecule has 1 heterocycles. The highest BCUT2D eigenvalue weighted by molar-refractivity contribution is 5.75. The van der Waals surface area contributed by atoms with E-state index in [0.717, 1.165) is 0 Å². The second-order valence-electron chi connectivity index (χ2n) is 4.53. The molecule has 1 atom stereocenters. The highest BCUT2D eigenvalue weighted by Crippen LogP contribution is 2.01. The van der Waals surface area contributed by atoms with Crippen molar-refractivity contribution >= 4 is 12.0 Å². The molecule has 7 nitrogen and oxygen atoms in total. The van der Waals surface area contributed by atoms with Gasteiger partial charge < -0.3 is 15.3 Å². The Bertz CT molecular complexity index is 478. The SMILES string of the molecule is CCN(CC(C)C(=O)O)C(=O)NCc1ccnc(C)n1. The van der Waals surface area contributed by atoms with Crippen molar-refractivity contribution in [3.63, 3.8) is 0 Å². The number of hydrogen-bond acceptors (Lipinski definition) is 4. The summed E-state index contributed by atoms with van der Waals surface area (Å²) in [7, 11) is 0. The number of nitrogens with zero attached hydrogens (tertiary/aromatic N) is 3. The van der Waals surface area contributed by atoms with Gasteiger partial charge in [-0.05, 0) is 19.9 Å². The first kappa shape index (κ1) is 15.9. The number of carboxylic acid groups (broad SMARTS) is 1. The molecule has 0 aliphatic heterocycles. The van der Waals surface area contributed by atoms with Crippen molar-refractivity contribution in [3.8, 4) is 0 Å². The zero-order valence-electron chi connectivity index (χ0n) is 12.0. The van der Waals surface area contributed by atoms with Crippen LogP contribution < -0.4 is 5.32 Å². The van der Waals surface area contributed by atoms with E-state index in [1.54, 1.807) is 26.1 Å². The molecule has 0 bridgehead atoms. The number of aromatic nitrogens is 2. The molecule has 0 spiro atoms. The Morgan fingerprint density at radius 3 is 2.75 bits per heavy atom. The summed E-state index contributed by atoms with van der Waals surface area (Å²) in [6.07, 6.45) is 1.63. The van der Waals surface area contributed by atoms with Gasteiger partial charge in [-0.25, -0.2) is 14.8 Å². The van der Waals surface area contributed by atoms with E-state index in [0.29, 0.717) is 24.6 Å². The number of rotatable bonds is 6. The van der Waals surface area contributed by atoms with Gasteiger partial charge in [0.2, 0.25) is 0 Å². The molecule has 1 unspecified atom stereocenters. The van der Waals surface area contributed by atoms with Crippen molar-refractivity contribution in [2.24, 2.45) is 5.92 Å². The van der Waals surface area contributed by atoms with Gasteiger partial charge in [-0.2, -0.15) is 0 Å². The molecule has 0 aromatic carbocycles. The van der Waals surface area contributed by atoms with Crippen LogP contribution in [0.25, 0.3) is 0 Å². The van der Waals surface area contributed by atoms with Crippen LogP contribution in [0.4, 0.5) is 4.79 Å². The van der Waals surface area contributed by atoms with Gasteiger partial charge in [0.05, 0.1) is 18.2 Å². The van der Waals surface area contributed by atoms with Crippen molar-refractivity contribution in [2.75, 3.05) is 13.1 Å². The summed E-state index contributed by atoms with van der Waals surface area (Å²) in [4.78, 5) is 32.4. The van der Waals surface area contributed by atoms with Gasteiger partial charge in [0.1, 0.15) is 5.82 Å². The molecule has 0 aliphatic carbocycles. The first-order valence-electron chi connectivity index (χ1n) is 6.48. The highest BCUT2D eigenvalue weighted by atomic mass is 16.4. The predicted molar refractivity (Wildman–Crippen MR) is 73.1 cm³/mol. The fraction of sp³-hybridized carbons (Fsp3) is 0.538. The van der Waals surface area contributed by atoms with E-state index in [1.807, 2.05) is 6.92 Å². The number of carboxylic acids is 1. The first-order valence-corrected chi connectivity index (χ1v) is 6.48. The minimum atomic E-state index is -0.914. The molecular weight excluding hydrogens is 260 g/mol. The average Bonchev–Trinajstić information content (AvgIpc) is 2.41. The number of aliphatic carboxylic acids is 1. The van der Waals surface area contributed by atoms with Crippen LogP contribution in [0, 0.1) is 12.8 Å². The normalized spacial score (nSPS) is 11.8. The third-order valence-corrected chi connectivity index (χ3v) is 2.84. The minimum absolute atomic E-state index is 0.181. The lowest BCUT2D eigenvalue weighted by Crippen LogP contribution is -2.43. The van der Waals surface area contributed by atoms with Crippen molar-refractivity contribution in [2.45, 2.75) is 27.3 Å². The van der Waals surface area contributed by atoms with Crippen molar-refractivity contribution < 1.29 is 14.7 Å². The average molecular weight is 280 g/mol. The maximum absolute atomic E-state index is 12.0. The Balaban J connectivity index is 2.53. The molecular formula is C13H20N4O3. The van der Waals surface area contributed by atoms with Crippen LogP contribution in [0.3, 0.4) is 0 Å². The number of aryl methyl sites for hydroxylation is 1. The lowest BCUT2D eigenvalue weighted by atomic mass is 10.2. The second-order valence-corrected chi connectivity index (χ2v) is 4.53. The second kappa shape index (κ2) is 7.42. The van der Waals surface area contributed by atoms with Gasteiger partial charge in [-0.15, -0.1) is 0 Å². The summed E-state index contributed by atoms with van der Waals surface area (Å²) in [5.41, 5.74) is 0.716. The Labute approximate surface area is 118 Å². The van der Waals surface area contributed by atoms with E-state index in [4.69, 9.17) is 5.11 Å². The van der Waals surface area contributed by atoms with E-state index in [-0.39, 0.29) is 12.6 Å². The first-order chi connectivity index (χ1) is 9.43. The van der Waals surface area contributed by atoms with Gasteiger partial charge >= 0.3 is 12.0 Å². The molecule has 0 aliphatic rings. The van der Waals surface area contributed by atoms with Crippen molar-refractivity contribution in [1.29, 1.82) is 0 Å². The number of urea groups is 1. The van der Waals surface area contributed by atoms with Crippen LogP contribution in [0.15, 0.2) is 12.3 Å². The maximum atomic E-state index is 12.0. The molecule has 7 heteroatoms. The Kier molecular flexibility index (Phi) is 5.89. The Morgan fingerprint density at radius 1 is 1.50 bits per heavy atom. The summed E-state index contributed by atoms with van der Waals surface area (Å²) in [6, 6.07) is 1.43. The van der Waals surface area contributed by atoms with Gasteiger partial charge in [0.25, 0.3) is 0 Å². The van der Waals surface area contributed by atoms with Gasteiger partial charge in [-0.1, -0.05) is 6.92 Å². The lowest BCUT2D eigenvalue weighted by molar-refractivity contribution is -0.141. The summed E-state index contributed by atoms with van der Waals surface area (Å²) >= 11 is 0. The molecule has 2 amide bonds. The summed E-state index contributed by atoms with van der Waals surface area (Å²) < 4.78 is 0. The van der Waals surface area contributed by atoms with E-state index < -0.39 is 11.9 Å². The number of nitrogens with one attached hydrogen (secondary N) is 1. The summed E-state index contributed by atoms with van der Waals surface area (Å²) in [5, 5.41) is 11.6. The largest absolute Gasteiger partial charge is 0.481 e. The number of amides is 2. The van der Waals surface area contributed by atoms with Crippen LogP contribution >= 0.6 is 0 Å². The highest BCUT2D eigenvalue weighted by Gasteiger charge is 2.19. The van der Waals surface area contributed by atoms with E-state index in [2.05, 4.69) is 15.3 Å². The molecule has 0 saturated heterocycles. The predicted octanol–water partition coefficient (Wildman–Crippen LogP) is 1.04. The number of hydrogen-bond donors (Lipinski definition) is 2. The molecule has 0 fully saturated rings. The fourth-order valence-corrected chi connectivity index (χ4v) is 1.65. The molecule has 20 heavy (non-hydrogen) atoms.